The van der Waals surface area contributed by atoms with E-state index in [9.17, 15) is 19.8 Å². The molecule has 1 amide bonds. The number of carbonyl (C=O) groups is 1. The van der Waals surface area contributed by atoms with Crippen LogP contribution in [-0.4, -0.2) is 67.2 Å². The number of nitrogens with zero attached hydrogens (tertiary/aromatic N) is 3. The van der Waals surface area contributed by atoms with Gasteiger partial charge in [0, 0.05) is 93.1 Å². The summed E-state index contributed by atoms with van der Waals surface area (Å²) in [5, 5.41) is 26.0. The Hall–Kier alpha value is -5.19. The average molecular weight is 698 g/mol. The van der Waals surface area contributed by atoms with Crippen molar-refractivity contribution < 1.29 is 19.7 Å². The van der Waals surface area contributed by atoms with Gasteiger partial charge < -0.3 is 34.6 Å². The molecule has 5 aromatic rings. The largest absolute Gasteiger partial charge is 0.504 e. The van der Waals surface area contributed by atoms with Crippen LogP contribution in [0.2, 0.25) is 0 Å². The van der Waals surface area contributed by atoms with Crippen molar-refractivity contribution in [2.24, 2.45) is 5.92 Å². The number of phenols is 1. The lowest BCUT2D eigenvalue weighted by Crippen LogP contribution is -2.64. The van der Waals surface area contributed by atoms with Gasteiger partial charge in [0.1, 0.15) is 12.2 Å². The minimum atomic E-state index is -0.763. The molecule has 1 aromatic carbocycles. The molecule has 9 rings (SSSR count). The molecular formula is C42H43N5O5. The molecule has 1 spiro atoms. The number of ether oxygens (including phenoxy) is 1. The summed E-state index contributed by atoms with van der Waals surface area (Å²) in [7, 11) is 2.18. The van der Waals surface area contributed by atoms with Crippen LogP contribution in [0.15, 0.2) is 71.9 Å². The van der Waals surface area contributed by atoms with Gasteiger partial charge in [0.2, 0.25) is 0 Å². The van der Waals surface area contributed by atoms with E-state index >= 15 is 0 Å². The van der Waals surface area contributed by atoms with Gasteiger partial charge in [-0.2, -0.15) is 0 Å². The summed E-state index contributed by atoms with van der Waals surface area (Å²) in [4.78, 5) is 36.5. The molecular weight excluding hydrogens is 654 g/mol. The smallest absolute Gasteiger partial charge is 0.253 e. The standard InChI is InChI=1S/C42H43N5O5/c1-21-13-22(2)45-41(51)31(21)19-44-40(50)29-15-27-14-26(25-7-6-11-43-18-25)20-47(27)37(24(29)4)23(3)28-17-35(49)38-36-30(28)16-33-32-8-9-34(48)39(52-38)42(32,36)10-12-46(33)5/h6-9,11,13-15,17-18,20,23,32-34,39,48-49H,10,12,16,19H2,1-5H3,(H,44,50)(H,45,51)/t23?,32-,33+,34-,39-,42-/m0/s1. The molecule has 6 atom stereocenters. The number of hydrogen-bond acceptors (Lipinski definition) is 7. The SMILES string of the molecule is Cc1cc(C)c(CNC(=O)c2cc3cc(-c4cccnc4)cn3c(C(C)c3cc(O)c4c5c3C[C@@H]3[C@@H]6C=C[C@H](O)[C@H](O4)[C@]56CCN3C)c2C)c(=O)[nH]1. The van der Waals surface area contributed by atoms with Crippen LogP contribution in [-0.2, 0) is 18.4 Å². The normalized spacial score (nSPS) is 24.8. The molecule has 0 radical (unpaired) electrons. The molecule has 4 N–H and O–H groups in total. The van der Waals surface area contributed by atoms with E-state index in [1.807, 2.05) is 63.4 Å². The highest BCUT2D eigenvalue weighted by Crippen LogP contribution is 2.63. The van der Waals surface area contributed by atoms with Crippen molar-refractivity contribution in [2.75, 3.05) is 13.6 Å². The molecule has 6 heterocycles. The highest BCUT2D eigenvalue weighted by molar-refractivity contribution is 5.97. The van der Waals surface area contributed by atoms with Crippen molar-refractivity contribution in [1.29, 1.82) is 0 Å². The number of phenolic OH excluding ortho intramolecular Hbond substituents is 1. The zero-order chi connectivity index (χ0) is 36.2. The maximum Gasteiger partial charge on any atom is 0.253 e. The molecule has 2 aliphatic heterocycles. The van der Waals surface area contributed by atoms with Crippen LogP contribution >= 0.6 is 0 Å². The van der Waals surface area contributed by atoms with Gasteiger partial charge in [-0.25, -0.2) is 0 Å². The number of H-pyrrole nitrogens is 1. The van der Waals surface area contributed by atoms with E-state index in [0.717, 1.165) is 75.2 Å². The highest BCUT2D eigenvalue weighted by Gasteiger charge is 2.64. The molecule has 2 bridgehead atoms. The number of carbonyl (C=O) groups excluding carboxylic acids is 1. The predicted molar refractivity (Wildman–Crippen MR) is 198 cm³/mol. The topological polar surface area (TPSA) is 132 Å². The van der Waals surface area contributed by atoms with Gasteiger partial charge in [-0.05, 0) is 99.8 Å². The first kappa shape index (κ1) is 32.7. The Morgan fingerprint density at radius 1 is 1.17 bits per heavy atom. The van der Waals surface area contributed by atoms with Crippen LogP contribution in [0.5, 0.6) is 11.5 Å². The monoisotopic (exact) mass is 697 g/mol. The summed E-state index contributed by atoms with van der Waals surface area (Å²) < 4.78 is 8.68. The fraction of sp³-hybridized carbons (Fsp3) is 0.357. The lowest BCUT2D eigenvalue weighted by Gasteiger charge is -2.56. The van der Waals surface area contributed by atoms with Crippen molar-refractivity contribution in [3.05, 3.63) is 128 Å². The number of amides is 1. The molecule has 4 aliphatic rings. The molecule has 4 aromatic heterocycles. The molecule has 0 saturated carbocycles. The summed E-state index contributed by atoms with van der Waals surface area (Å²) in [5.41, 5.74) is 9.70. The molecule has 1 unspecified atom stereocenters. The van der Waals surface area contributed by atoms with E-state index in [4.69, 9.17) is 4.74 Å². The van der Waals surface area contributed by atoms with Crippen LogP contribution < -0.4 is 15.6 Å². The minimum absolute atomic E-state index is 0.0812. The van der Waals surface area contributed by atoms with Crippen molar-refractivity contribution in [2.45, 2.75) is 76.7 Å². The van der Waals surface area contributed by atoms with E-state index in [-0.39, 0.29) is 41.6 Å². The number of rotatable bonds is 6. The second-order valence-corrected chi connectivity index (χ2v) is 15.3. The van der Waals surface area contributed by atoms with Gasteiger partial charge in [0.05, 0.1) is 0 Å². The van der Waals surface area contributed by atoms with E-state index in [2.05, 4.69) is 56.9 Å². The molecule has 2 aliphatic carbocycles. The average Bonchev–Trinajstić information content (AvgIpc) is 3.71. The Morgan fingerprint density at radius 3 is 2.77 bits per heavy atom. The number of hydrogen-bond donors (Lipinski definition) is 4. The van der Waals surface area contributed by atoms with Crippen LogP contribution in [0, 0.1) is 26.7 Å². The van der Waals surface area contributed by atoms with Gasteiger partial charge >= 0.3 is 0 Å². The second-order valence-electron chi connectivity index (χ2n) is 15.3. The van der Waals surface area contributed by atoms with E-state index in [0.29, 0.717) is 16.9 Å². The number of likely N-dealkylation sites (tertiary alicyclic amines) is 1. The van der Waals surface area contributed by atoms with Crippen LogP contribution in [0.1, 0.15) is 74.4 Å². The highest BCUT2D eigenvalue weighted by atomic mass is 16.5. The third-order valence-electron chi connectivity index (χ3n) is 12.5. The van der Waals surface area contributed by atoms with E-state index in [1.54, 1.807) is 6.20 Å². The molecule has 1 fully saturated rings. The Morgan fingerprint density at radius 2 is 2.00 bits per heavy atom. The van der Waals surface area contributed by atoms with Crippen molar-refractivity contribution in [3.63, 3.8) is 0 Å². The predicted octanol–water partition coefficient (Wildman–Crippen LogP) is 5.21. The Balaban J connectivity index is 1.21. The van der Waals surface area contributed by atoms with Crippen molar-refractivity contribution in [1.82, 2.24) is 24.6 Å². The lowest BCUT2D eigenvalue weighted by atomic mass is 9.52. The van der Waals surface area contributed by atoms with Crippen molar-refractivity contribution >= 4 is 11.4 Å². The quantitative estimate of drug-likeness (QED) is 0.179. The van der Waals surface area contributed by atoms with Crippen LogP contribution in [0.25, 0.3) is 16.6 Å². The summed E-state index contributed by atoms with van der Waals surface area (Å²) in [6.07, 6.45) is 10.1. The number of piperidine rings is 1. The summed E-state index contributed by atoms with van der Waals surface area (Å²) in [5.74, 6) is 0.224. The lowest BCUT2D eigenvalue weighted by molar-refractivity contribution is -0.0454. The number of aromatic nitrogens is 3. The number of nitrogens with one attached hydrogen (secondary N) is 2. The van der Waals surface area contributed by atoms with Gasteiger partial charge in [-0.15, -0.1) is 0 Å². The first-order valence-corrected chi connectivity index (χ1v) is 18.1. The second kappa shape index (κ2) is 11.7. The number of aromatic amines is 1. The summed E-state index contributed by atoms with van der Waals surface area (Å²) in [6, 6.07) is 11.9. The number of aryl methyl sites for hydroxylation is 2. The summed E-state index contributed by atoms with van der Waals surface area (Å²) in [6.45, 7) is 8.82. The van der Waals surface area contributed by atoms with Crippen molar-refractivity contribution in [3.8, 4) is 22.6 Å². The zero-order valence-corrected chi connectivity index (χ0v) is 30.0. The molecule has 1 saturated heterocycles. The third kappa shape index (κ3) is 4.60. The van der Waals surface area contributed by atoms with Crippen LogP contribution in [0.4, 0.5) is 0 Å². The van der Waals surface area contributed by atoms with Gasteiger partial charge in [-0.3, -0.25) is 14.6 Å². The number of benzene rings is 1. The first-order chi connectivity index (χ1) is 25.0. The van der Waals surface area contributed by atoms with Gasteiger partial charge in [-0.1, -0.05) is 25.1 Å². The fourth-order valence-corrected chi connectivity index (χ4v) is 10.1. The fourth-order valence-electron chi connectivity index (χ4n) is 10.1. The number of pyridine rings is 3. The van der Waals surface area contributed by atoms with E-state index in [1.165, 1.54) is 0 Å². The minimum Gasteiger partial charge on any atom is -0.504 e. The molecule has 266 valence electrons. The van der Waals surface area contributed by atoms with E-state index < -0.39 is 17.6 Å². The Labute approximate surface area is 301 Å². The molecule has 10 nitrogen and oxygen atoms in total. The van der Waals surface area contributed by atoms with Gasteiger partial charge in [0.25, 0.3) is 11.5 Å². The third-order valence-corrected chi connectivity index (χ3v) is 12.5. The number of aliphatic hydroxyl groups is 1. The molecule has 10 heteroatoms. The number of aliphatic hydroxyl groups excluding tert-OH is 1. The van der Waals surface area contributed by atoms with Crippen LogP contribution in [0.3, 0.4) is 0 Å². The maximum absolute atomic E-state index is 14.1. The Bertz CT molecular complexity index is 2400. The van der Waals surface area contributed by atoms with Gasteiger partial charge in [0.15, 0.2) is 11.5 Å². The zero-order valence-electron chi connectivity index (χ0n) is 30.0. The number of aromatic hydroxyl groups is 1. The molecule has 52 heavy (non-hydrogen) atoms. The summed E-state index contributed by atoms with van der Waals surface area (Å²) >= 11 is 0. The number of likely N-dealkylation sites (N-methyl/N-ethyl adjacent to an activating group) is 1. The number of fused-ring (bicyclic) bond motifs is 1. The maximum atomic E-state index is 14.1. The Kier molecular flexibility index (Phi) is 7.33. The first-order valence-electron chi connectivity index (χ1n) is 18.1.